The van der Waals surface area contributed by atoms with Gasteiger partial charge in [0.15, 0.2) is 11.5 Å². The van der Waals surface area contributed by atoms with Gasteiger partial charge >= 0.3 is 5.97 Å². The van der Waals surface area contributed by atoms with Crippen molar-refractivity contribution in [2.24, 2.45) is 0 Å². The van der Waals surface area contributed by atoms with E-state index >= 15 is 0 Å². The Morgan fingerprint density at radius 1 is 0.975 bits per heavy atom. The second-order valence-electron chi connectivity index (χ2n) is 8.95. The Balaban J connectivity index is 1.28. The second kappa shape index (κ2) is 12.0. The van der Waals surface area contributed by atoms with Crippen LogP contribution in [-0.2, 0) is 4.79 Å². The van der Waals surface area contributed by atoms with Crippen molar-refractivity contribution in [3.8, 4) is 17.2 Å². The molecule has 1 heterocycles. The Bertz CT molecular complexity index is 1640. The molecule has 1 saturated heterocycles. The van der Waals surface area contributed by atoms with Crippen LogP contribution in [0.4, 0.5) is 4.79 Å². The van der Waals surface area contributed by atoms with Gasteiger partial charge in [-0.25, -0.2) is 4.79 Å². The van der Waals surface area contributed by atoms with Gasteiger partial charge < -0.3 is 14.2 Å². The zero-order valence-electron chi connectivity index (χ0n) is 21.7. The highest BCUT2D eigenvalue weighted by Gasteiger charge is 2.35. The number of hydrogen-bond acceptors (Lipinski definition) is 7. The second-order valence-corrected chi connectivity index (χ2v) is 10.8. The number of thioether (sulfide) groups is 1. The van der Waals surface area contributed by atoms with Crippen LogP contribution in [0.25, 0.3) is 16.8 Å². The number of hydrogen-bond donors (Lipinski definition) is 0. The number of benzene rings is 4. The summed E-state index contributed by atoms with van der Waals surface area (Å²) in [6, 6.07) is 24.0. The Kier molecular flexibility index (Phi) is 8.23. The number of rotatable bonds is 8. The molecule has 5 rings (SSSR count). The lowest BCUT2D eigenvalue weighted by Gasteiger charge is -2.14. The number of ether oxygens (including phenoxy) is 3. The predicted octanol–water partition coefficient (Wildman–Crippen LogP) is 7.25. The number of esters is 1. The third kappa shape index (κ3) is 5.90. The van der Waals surface area contributed by atoms with Crippen LogP contribution in [0, 0.1) is 6.92 Å². The summed E-state index contributed by atoms with van der Waals surface area (Å²) in [7, 11) is 1.46. The smallest absolute Gasteiger partial charge is 0.343 e. The third-order valence-electron chi connectivity index (χ3n) is 6.23. The molecule has 2 amide bonds. The maximum atomic E-state index is 13.1. The molecular formula is C31H24BrNO6S. The summed E-state index contributed by atoms with van der Waals surface area (Å²) in [6.45, 7) is 2.22. The van der Waals surface area contributed by atoms with Crippen molar-refractivity contribution in [1.29, 1.82) is 0 Å². The number of halogens is 1. The fourth-order valence-corrected chi connectivity index (χ4v) is 5.58. The van der Waals surface area contributed by atoms with Gasteiger partial charge in [-0.1, -0.05) is 54.1 Å². The van der Waals surface area contributed by atoms with E-state index in [1.807, 2.05) is 61.5 Å². The van der Waals surface area contributed by atoms with E-state index in [9.17, 15) is 14.4 Å². The molecule has 0 spiro atoms. The molecule has 9 heteroatoms. The molecular weight excluding hydrogens is 594 g/mol. The summed E-state index contributed by atoms with van der Waals surface area (Å²) in [5.41, 5.74) is 2.03. The predicted molar refractivity (Wildman–Crippen MR) is 159 cm³/mol. The monoisotopic (exact) mass is 617 g/mol. The molecule has 1 aliphatic rings. The van der Waals surface area contributed by atoms with Gasteiger partial charge in [-0.05, 0) is 82.0 Å². The number of nitrogens with zero attached hydrogens (tertiary/aromatic N) is 1. The first-order chi connectivity index (χ1) is 19.3. The number of carbonyl (C=O) groups is 3. The quantitative estimate of drug-likeness (QED) is 0.117. The number of imide groups is 1. The Morgan fingerprint density at radius 3 is 2.50 bits per heavy atom. The van der Waals surface area contributed by atoms with Gasteiger partial charge in [-0.3, -0.25) is 14.5 Å². The SMILES string of the molecule is COc1cc(/C=C2\SC(=O)N(CCOc3cccc4ccccc34)C2=O)cc(Br)c1OC(=O)c1ccc(C)cc1. The molecule has 0 N–H and O–H groups in total. The molecule has 1 fully saturated rings. The van der Waals surface area contributed by atoms with Crippen molar-refractivity contribution >= 4 is 61.7 Å². The van der Waals surface area contributed by atoms with Gasteiger partial charge in [0.25, 0.3) is 11.1 Å². The van der Waals surface area contributed by atoms with Crippen LogP contribution < -0.4 is 14.2 Å². The van der Waals surface area contributed by atoms with Gasteiger partial charge in [0, 0.05) is 5.39 Å². The first-order valence-electron chi connectivity index (χ1n) is 12.4. The highest BCUT2D eigenvalue weighted by atomic mass is 79.9. The van der Waals surface area contributed by atoms with E-state index in [1.54, 1.807) is 30.3 Å². The highest BCUT2D eigenvalue weighted by Crippen LogP contribution is 2.39. The lowest BCUT2D eigenvalue weighted by Crippen LogP contribution is -2.32. The topological polar surface area (TPSA) is 82.1 Å². The van der Waals surface area contributed by atoms with E-state index in [0.29, 0.717) is 27.1 Å². The minimum atomic E-state index is -0.529. The van der Waals surface area contributed by atoms with E-state index in [-0.39, 0.29) is 29.0 Å². The van der Waals surface area contributed by atoms with Crippen molar-refractivity contribution in [3.63, 3.8) is 0 Å². The normalized spacial score (nSPS) is 14.2. The molecule has 40 heavy (non-hydrogen) atoms. The standard InChI is InChI=1S/C31H24BrNO6S/c1-19-10-12-22(13-11-19)30(35)39-28-24(32)16-20(17-26(28)37-2)18-27-29(34)33(31(36)40-27)14-15-38-25-9-5-7-21-6-3-4-8-23(21)25/h3-13,16-18H,14-15H2,1-2H3/b27-18-. The van der Waals surface area contributed by atoms with Crippen molar-refractivity contribution < 1.29 is 28.6 Å². The van der Waals surface area contributed by atoms with Crippen LogP contribution in [0.15, 0.2) is 88.2 Å². The van der Waals surface area contributed by atoms with Crippen LogP contribution in [0.1, 0.15) is 21.5 Å². The molecule has 4 aromatic rings. The summed E-state index contributed by atoms with van der Waals surface area (Å²) < 4.78 is 17.4. The summed E-state index contributed by atoms with van der Waals surface area (Å²) in [4.78, 5) is 39.8. The van der Waals surface area contributed by atoms with Crippen LogP contribution in [0.3, 0.4) is 0 Å². The highest BCUT2D eigenvalue weighted by molar-refractivity contribution is 9.10. The Labute approximate surface area is 243 Å². The van der Waals surface area contributed by atoms with Crippen LogP contribution in [0.2, 0.25) is 0 Å². The summed E-state index contributed by atoms with van der Waals surface area (Å²) in [5, 5.41) is 1.64. The van der Waals surface area contributed by atoms with E-state index in [4.69, 9.17) is 14.2 Å². The Hall–Kier alpha value is -4.08. The van der Waals surface area contributed by atoms with Crippen molar-refractivity contribution in [3.05, 3.63) is 105 Å². The maximum absolute atomic E-state index is 13.1. The van der Waals surface area contributed by atoms with Crippen LogP contribution in [0.5, 0.6) is 17.2 Å². The minimum Gasteiger partial charge on any atom is -0.493 e. The fourth-order valence-electron chi connectivity index (χ4n) is 4.18. The molecule has 0 unspecified atom stereocenters. The lowest BCUT2D eigenvalue weighted by molar-refractivity contribution is -0.123. The largest absolute Gasteiger partial charge is 0.493 e. The zero-order chi connectivity index (χ0) is 28.2. The minimum absolute atomic E-state index is 0.117. The summed E-state index contributed by atoms with van der Waals surface area (Å²) >= 11 is 4.30. The average molecular weight is 619 g/mol. The zero-order valence-corrected chi connectivity index (χ0v) is 24.1. The number of fused-ring (bicyclic) bond motifs is 1. The van der Waals surface area contributed by atoms with E-state index in [2.05, 4.69) is 15.9 Å². The molecule has 0 saturated carbocycles. The molecule has 1 aliphatic heterocycles. The molecule has 4 aromatic carbocycles. The third-order valence-corrected chi connectivity index (χ3v) is 7.72. The van der Waals surface area contributed by atoms with E-state index in [0.717, 1.165) is 28.1 Å². The summed E-state index contributed by atoms with van der Waals surface area (Å²) in [6.07, 6.45) is 1.61. The molecule has 0 aromatic heterocycles. The lowest BCUT2D eigenvalue weighted by atomic mass is 10.1. The molecule has 0 radical (unpaired) electrons. The van der Waals surface area contributed by atoms with Crippen molar-refractivity contribution in [1.82, 2.24) is 4.90 Å². The molecule has 7 nitrogen and oxygen atoms in total. The molecule has 0 bridgehead atoms. The van der Waals surface area contributed by atoms with Gasteiger partial charge in [-0.15, -0.1) is 0 Å². The number of amides is 2. The number of carbonyl (C=O) groups excluding carboxylic acids is 3. The molecule has 0 aliphatic carbocycles. The van der Waals surface area contributed by atoms with Gasteiger partial charge in [0.2, 0.25) is 0 Å². The molecule has 202 valence electrons. The van der Waals surface area contributed by atoms with Gasteiger partial charge in [0.1, 0.15) is 12.4 Å². The van der Waals surface area contributed by atoms with E-state index in [1.165, 1.54) is 12.0 Å². The van der Waals surface area contributed by atoms with Crippen LogP contribution in [-0.4, -0.2) is 42.3 Å². The maximum Gasteiger partial charge on any atom is 0.343 e. The van der Waals surface area contributed by atoms with Crippen molar-refractivity contribution in [2.75, 3.05) is 20.3 Å². The van der Waals surface area contributed by atoms with Crippen molar-refractivity contribution in [2.45, 2.75) is 6.92 Å². The van der Waals surface area contributed by atoms with E-state index < -0.39 is 11.9 Å². The number of aryl methyl sites for hydroxylation is 1. The first kappa shape index (κ1) is 27.5. The average Bonchev–Trinajstić information content (AvgIpc) is 3.21. The summed E-state index contributed by atoms with van der Waals surface area (Å²) in [5.74, 6) is 0.272. The molecule has 0 atom stereocenters. The van der Waals surface area contributed by atoms with Gasteiger partial charge in [-0.2, -0.15) is 0 Å². The Morgan fingerprint density at radius 2 is 1.73 bits per heavy atom. The number of methoxy groups -OCH3 is 1. The van der Waals surface area contributed by atoms with Gasteiger partial charge in [0.05, 0.1) is 28.6 Å². The van der Waals surface area contributed by atoms with Crippen LogP contribution >= 0.6 is 27.7 Å². The first-order valence-corrected chi connectivity index (χ1v) is 14.0. The fraction of sp³-hybridized carbons (Fsp3) is 0.129.